The fourth-order valence-corrected chi connectivity index (χ4v) is 5.03. The second-order valence-corrected chi connectivity index (χ2v) is 8.70. The van der Waals surface area contributed by atoms with Crippen LogP contribution >= 0.6 is 34.5 Å². The van der Waals surface area contributed by atoms with Crippen molar-refractivity contribution in [2.75, 3.05) is 19.6 Å². The van der Waals surface area contributed by atoms with Crippen molar-refractivity contribution in [1.82, 2.24) is 4.90 Å². The third-order valence-corrected chi connectivity index (χ3v) is 6.57. The second kappa shape index (κ2) is 9.24. The summed E-state index contributed by atoms with van der Waals surface area (Å²) in [6.07, 6.45) is 4.79. The van der Waals surface area contributed by atoms with Crippen LogP contribution in [0.4, 0.5) is 0 Å². The van der Waals surface area contributed by atoms with Crippen LogP contribution in [0.15, 0.2) is 35.7 Å². The van der Waals surface area contributed by atoms with Gasteiger partial charge in [0, 0.05) is 33.6 Å². The first-order valence-corrected chi connectivity index (χ1v) is 10.7. The van der Waals surface area contributed by atoms with Gasteiger partial charge in [-0.15, -0.1) is 11.3 Å². The highest BCUT2D eigenvalue weighted by atomic mass is 35.5. The van der Waals surface area contributed by atoms with Crippen molar-refractivity contribution in [3.63, 3.8) is 0 Å². The van der Waals surface area contributed by atoms with E-state index < -0.39 is 5.97 Å². The van der Waals surface area contributed by atoms with E-state index in [1.165, 1.54) is 10.4 Å². The number of nitrogens with zero attached hydrogens (tertiary/aromatic N) is 1. The number of likely N-dealkylation sites (tertiary alicyclic amines) is 1. The molecule has 2 aromatic rings. The number of halogens is 2. The van der Waals surface area contributed by atoms with E-state index in [-0.39, 0.29) is 5.92 Å². The zero-order chi connectivity index (χ0) is 19.4. The molecule has 3 nitrogen and oxygen atoms in total. The van der Waals surface area contributed by atoms with E-state index >= 15 is 0 Å². The molecule has 0 amide bonds. The molecule has 0 spiro atoms. The van der Waals surface area contributed by atoms with Crippen LogP contribution in [0.25, 0.3) is 5.57 Å². The fourth-order valence-electron chi connectivity index (χ4n) is 3.53. The van der Waals surface area contributed by atoms with Gasteiger partial charge in [-0.2, -0.15) is 0 Å². The Morgan fingerprint density at radius 2 is 2.19 bits per heavy atom. The molecule has 0 radical (unpaired) electrons. The van der Waals surface area contributed by atoms with Crippen LogP contribution in [0, 0.1) is 12.8 Å². The Morgan fingerprint density at radius 3 is 2.85 bits per heavy atom. The van der Waals surface area contributed by atoms with Crippen molar-refractivity contribution in [1.29, 1.82) is 0 Å². The molecule has 1 atom stereocenters. The Hall–Kier alpha value is -1.33. The van der Waals surface area contributed by atoms with Gasteiger partial charge in [-0.3, -0.25) is 4.79 Å². The number of carboxylic acid groups (broad SMARTS) is 1. The minimum atomic E-state index is -0.682. The number of rotatable bonds is 6. The van der Waals surface area contributed by atoms with Gasteiger partial charge in [0.2, 0.25) is 0 Å². The zero-order valence-corrected chi connectivity index (χ0v) is 17.6. The van der Waals surface area contributed by atoms with Crippen LogP contribution < -0.4 is 0 Å². The SMILES string of the molecule is Cc1ccsc1/C(=C\CCN1CCCC(C(=O)O)C1)c1ccc(Cl)cc1Cl. The van der Waals surface area contributed by atoms with Crippen molar-refractivity contribution in [2.24, 2.45) is 5.92 Å². The molecule has 1 saturated heterocycles. The molecule has 2 heterocycles. The third-order valence-electron chi connectivity index (χ3n) is 4.98. The molecule has 0 aliphatic carbocycles. The molecule has 0 bridgehead atoms. The molecule has 6 heteroatoms. The molecular weight excluding hydrogens is 401 g/mol. The van der Waals surface area contributed by atoms with E-state index in [0.717, 1.165) is 43.5 Å². The van der Waals surface area contributed by atoms with Crippen molar-refractivity contribution in [3.05, 3.63) is 61.8 Å². The molecular formula is C21H23Cl2NO2S. The highest BCUT2D eigenvalue weighted by Crippen LogP contribution is 2.35. The summed E-state index contributed by atoms with van der Waals surface area (Å²) in [5.74, 6) is -0.925. The van der Waals surface area contributed by atoms with Crippen LogP contribution in [-0.4, -0.2) is 35.6 Å². The number of hydrogen-bond acceptors (Lipinski definition) is 3. The van der Waals surface area contributed by atoms with Crippen molar-refractivity contribution >= 4 is 46.1 Å². The third kappa shape index (κ3) is 5.14. The molecule has 1 unspecified atom stereocenters. The molecule has 144 valence electrons. The molecule has 3 rings (SSSR count). The predicted octanol–water partition coefficient (Wildman–Crippen LogP) is 5.98. The largest absolute Gasteiger partial charge is 0.481 e. The lowest BCUT2D eigenvalue weighted by Gasteiger charge is -2.30. The van der Waals surface area contributed by atoms with Gasteiger partial charge in [0.25, 0.3) is 0 Å². The molecule has 27 heavy (non-hydrogen) atoms. The van der Waals surface area contributed by atoms with E-state index in [2.05, 4.69) is 29.3 Å². The van der Waals surface area contributed by atoms with Crippen molar-refractivity contribution in [3.8, 4) is 0 Å². The fraction of sp³-hybridized carbons (Fsp3) is 0.381. The standard InChI is InChI=1S/C21H23Cl2NO2S/c1-14-8-11-27-20(14)18(17-7-6-16(22)12-19(17)23)5-3-10-24-9-2-4-15(13-24)21(25)26/h5-8,11-12,15H,2-4,9-10,13H2,1H3,(H,25,26)/b18-5-. The lowest BCUT2D eigenvalue weighted by Crippen LogP contribution is -2.39. The Bertz CT molecular complexity index is 846. The maximum Gasteiger partial charge on any atom is 0.307 e. The minimum absolute atomic E-state index is 0.243. The van der Waals surface area contributed by atoms with Gasteiger partial charge < -0.3 is 10.0 Å². The highest BCUT2D eigenvalue weighted by molar-refractivity contribution is 7.11. The Balaban J connectivity index is 1.79. The summed E-state index contributed by atoms with van der Waals surface area (Å²) in [5, 5.41) is 12.6. The first-order valence-electron chi connectivity index (χ1n) is 9.11. The normalized spacial score (nSPS) is 18.6. The number of thiophene rings is 1. The second-order valence-electron chi connectivity index (χ2n) is 6.94. The Kier molecular flexibility index (Phi) is 6.99. The number of piperidine rings is 1. The summed E-state index contributed by atoms with van der Waals surface area (Å²) in [6.45, 7) is 4.55. The van der Waals surface area contributed by atoms with Crippen LogP contribution in [0.3, 0.4) is 0 Å². The average molecular weight is 424 g/mol. The number of benzene rings is 1. The monoisotopic (exact) mass is 423 g/mol. The quantitative estimate of drug-likeness (QED) is 0.620. The first-order chi connectivity index (χ1) is 13.0. The van der Waals surface area contributed by atoms with Crippen molar-refractivity contribution in [2.45, 2.75) is 26.2 Å². The summed E-state index contributed by atoms with van der Waals surface area (Å²) in [7, 11) is 0. The first kappa shape index (κ1) is 20.4. The molecule has 1 N–H and O–H groups in total. The minimum Gasteiger partial charge on any atom is -0.481 e. The highest BCUT2D eigenvalue weighted by Gasteiger charge is 2.24. The van der Waals surface area contributed by atoms with Crippen LogP contribution in [0.1, 0.15) is 35.3 Å². The van der Waals surface area contributed by atoms with E-state index in [0.29, 0.717) is 16.6 Å². The molecule has 0 saturated carbocycles. The smallest absolute Gasteiger partial charge is 0.307 e. The summed E-state index contributed by atoms with van der Waals surface area (Å²) in [4.78, 5) is 14.7. The van der Waals surface area contributed by atoms with Crippen molar-refractivity contribution < 1.29 is 9.90 Å². The topological polar surface area (TPSA) is 40.5 Å². The summed E-state index contributed by atoms with van der Waals surface area (Å²) in [5.41, 5.74) is 3.32. The van der Waals surface area contributed by atoms with Gasteiger partial charge in [-0.05, 0) is 67.4 Å². The van der Waals surface area contributed by atoms with Gasteiger partial charge >= 0.3 is 5.97 Å². The van der Waals surface area contributed by atoms with E-state index in [1.54, 1.807) is 17.4 Å². The molecule has 1 aromatic carbocycles. The average Bonchev–Trinajstić information content (AvgIpc) is 3.05. The lowest BCUT2D eigenvalue weighted by atomic mass is 9.97. The Labute approximate surface area is 174 Å². The molecule has 1 aromatic heterocycles. The van der Waals surface area contributed by atoms with Gasteiger partial charge in [-0.1, -0.05) is 35.3 Å². The molecule has 1 aliphatic heterocycles. The van der Waals surface area contributed by atoms with Gasteiger partial charge in [0.1, 0.15) is 0 Å². The number of aryl methyl sites for hydroxylation is 1. The maximum absolute atomic E-state index is 11.3. The van der Waals surface area contributed by atoms with Gasteiger partial charge in [-0.25, -0.2) is 0 Å². The number of hydrogen-bond donors (Lipinski definition) is 1. The zero-order valence-electron chi connectivity index (χ0n) is 15.3. The number of aliphatic carboxylic acids is 1. The summed E-state index contributed by atoms with van der Waals surface area (Å²) < 4.78 is 0. The van der Waals surface area contributed by atoms with E-state index in [4.69, 9.17) is 23.2 Å². The molecule has 1 aliphatic rings. The lowest BCUT2D eigenvalue weighted by molar-refractivity contribution is -0.143. The van der Waals surface area contributed by atoms with E-state index in [9.17, 15) is 9.90 Å². The molecule has 1 fully saturated rings. The van der Waals surface area contributed by atoms with Gasteiger partial charge in [0.05, 0.1) is 5.92 Å². The van der Waals surface area contributed by atoms with Crippen LogP contribution in [-0.2, 0) is 4.79 Å². The number of carboxylic acids is 1. The maximum atomic E-state index is 11.3. The van der Waals surface area contributed by atoms with Crippen LogP contribution in [0.2, 0.25) is 10.0 Å². The summed E-state index contributed by atoms with van der Waals surface area (Å²) >= 11 is 14.3. The van der Waals surface area contributed by atoms with Gasteiger partial charge in [0.15, 0.2) is 0 Å². The van der Waals surface area contributed by atoms with E-state index in [1.807, 2.05) is 12.1 Å². The van der Waals surface area contributed by atoms with Crippen LogP contribution in [0.5, 0.6) is 0 Å². The number of carbonyl (C=O) groups is 1. The summed E-state index contributed by atoms with van der Waals surface area (Å²) in [6, 6.07) is 7.72. The Morgan fingerprint density at radius 1 is 1.37 bits per heavy atom. The predicted molar refractivity (Wildman–Crippen MR) is 114 cm³/mol.